The molecule has 2 aromatic rings. The van der Waals surface area contributed by atoms with Crippen molar-refractivity contribution in [2.45, 2.75) is 33.3 Å². The van der Waals surface area contributed by atoms with Crippen molar-refractivity contribution in [3.05, 3.63) is 70.2 Å². The molecule has 0 amide bonds. The highest BCUT2D eigenvalue weighted by Gasteiger charge is 2.20. The fourth-order valence-electron chi connectivity index (χ4n) is 2.68. The number of hydrogen-bond acceptors (Lipinski definition) is 4. The summed E-state index contributed by atoms with van der Waals surface area (Å²) in [5.41, 5.74) is 3.33. The lowest BCUT2D eigenvalue weighted by atomic mass is 10.1. The van der Waals surface area contributed by atoms with E-state index in [0.717, 1.165) is 21.4 Å². The van der Waals surface area contributed by atoms with Gasteiger partial charge in [-0.25, -0.2) is 4.79 Å². The Morgan fingerprint density at radius 3 is 2.32 bits per heavy atom. The van der Waals surface area contributed by atoms with Crippen LogP contribution in [0.1, 0.15) is 31.9 Å². The average molecular weight is 447 g/mol. The lowest BCUT2D eigenvalue weighted by Crippen LogP contribution is -2.28. The molecule has 0 bridgehead atoms. The SMILES string of the molecule is CCOC(=O)[C@H](Cc1ccc(OCC=C(C)c2ccc(Br)cc2)cc1)OCC. The maximum atomic E-state index is 12.0. The third-order valence-electron chi connectivity index (χ3n) is 4.20. The number of esters is 1. The molecule has 1 atom stereocenters. The van der Waals surface area contributed by atoms with Crippen molar-refractivity contribution >= 4 is 27.5 Å². The van der Waals surface area contributed by atoms with Crippen LogP contribution in [-0.4, -0.2) is 31.9 Å². The number of ether oxygens (including phenoxy) is 3. The first-order valence-electron chi connectivity index (χ1n) is 9.46. The van der Waals surface area contributed by atoms with Crippen LogP contribution in [0.3, 0.4) is 0 Å². The van der Waals surface area contributed by atoms with Crippen molar-refractivity contribution in [2.24, 2.45) is 0 Å². The zero-order valence-electron chi connectivity index (χ0n) is 16.6. The number of rotatable bonds is 10. The lowest BCUT2D eigenvalue weighted by Gasteiger charge is -2.15. The summed E-state index contributed by atoms with van der Waals surface area (Å²) in [6.07, 6.45) is 1.96. The Balaban J connectivity index is 1.90. The van der Waals surface area contributed by atoms with Crippen molar-refractivity contribution < 1.29 is 19.0 Å². The van der Waals surface area contributed by atoms with Gasteiger partial charge in [0.05, 0.1) is 6.61 Å². The second-order valence-corrected chi connectivity index (χ2v) is 7.16. The predicted octanol–water partition coefficient (Wildman–Crippen LogP) is 5.44. The summed E-state index contributed by atoms with van der Waals surface area (Å²) in [6.45, 7) is 7.04. The van der Waals surface area contributed by atoms with Gasteiger partial charge in [0.15, 0.2) is 6.10 Å². The van der Waals surface area contributed by atoms with Crippen molar-refractivity contribution in [3.8, 4) is 5.75 Å². The van der Waals surface area contributed by atoms with Crippen LogP contribution in [0, 0.1) is 0 Å². The number of carbonyl (C=O) groups is 1. The topological polar surface area (TPSA) is 44.8 Å². The Morgan fingerprint density at radius 2 is 1.71 bits per heavy atom. The highest BCUT2D eigenvalue weighted by atomic mass is 79.9. The quantitative estimate of drug-likeness (QED) is 0.455. The third kappa shape index (κ3) is 7.13. The Morgan fingerprint density at radius 1 is 1.04 bits per heavy atom. The van der Waals surface area contributed by atoms with Gasteiger partial charge in [0, 0.05) is 17.5 Å². The highest BCUT2D eigenvalue weighted by Crippen LogP contribution is 2.18. The first-order valence-corrected chi connectivity index (χ1v) is 10.3. The van der Waals surface area contributed by atoms with E-state index >= 15 is 0 Å². The van der Waals surface area contributed by atoms with Gasteiger partial charge in [0.2, 0.25) is 0 Å². The van der Waals surface area contributed by atoms with E-state index in [-0.39, 0.29) is 5.97 Å². The molecule has 0 aromatic heterocycles. The molecular formula is C23H27BrO4. The summed E-state index contributed by atoms with van der Waals surface area (Å²) in [4.78, 5) is 12.0. The van der Waals surface area contributed by atoms with Gasteiger partial charge in [0.25, 0.3) is 0 Å². The van der Waals surface area contributed by atoms with E-state index in [1.54, 1.807) is 6.92 Å². The van der Waals surface area contributed by atoms with Gasteiger partial charge >= 0.3 is 5.97 Å². The fourth-order valence-corrected chi connectivity index (χ4v) is 2.94. The molecule has 0 N–H and O–H groups in total. The van der Waals surface area contributed by atoms with Crippen molar-refractivity contribution in [3.63, 3.8) is 0 Å². The summed E-state index contributed by atoms with van der Waals surface area (Å²) < 4.78 is 17.5. The van der Waals surface area contributed by atoms with Crippen LogP contribution in [0.2, 0.25) is 0 Å². The number of benzene rings is 2. The second-order valence-electron chi connectivity index (χ2n) is 6.25. The monoisotopic (exact) mass is 446 g/mol. The number of hydrogen-bond donors (Lipinski definition) is 0. The van der Waals surface area contributed by atoms with Crippen LogP contribution >= 0.6 is 15.9 Å². The average Bonchev–Trinajstić information content (AvgIpc) is 2.69. The summed E-state index contributed by atoms with van der Waals surface area (Å²) in [6, 6.07) is 15.9. The Bertz CT molecular complexity index is 766. The minimum Gasteiger partial charge on any atom is -0.490 e. The third-order valence-corrected chi connectivity index (χ3v) is 4.73. The van der Waals surface area contributed by atoms with Crippen LogP contribution in [0.15, 0.2) is 59.1 Å². The van der Waals surface area contributed by atoms with Crippen LogP contribution < -0.4 is 4.74 Å². The normalized spacial score (nSPS) is 12.5. The van der Waals surface area contributed by atoms with Crippen molar-refractivity contribution in [2.75, 3.05) is 19.8 Å². The van der Waals surface area contributed by atoms with Crippen molar-refractivity contribution in [1.82, 2.24) is 0 Å². The summed E-state index contributed by atoms with van der Waals surface area (Å²) in [5.74, 6) is 0.464. The van der Waals surface area contributed by atoms with Gasteiger partial charge in [-0.1, -0.05) is 40.2 Å². The van der Waals surface area contributed by atoms with E-state index in [1.165, 1.54) is 5.56 Å². The zero-order valence-corrected chi connectivity index (χ0v) is 18.2. The molecular weight excluding hydrogens is 420 g/mol. The van der Waals surface area contributed by atoms with Crippen LogP contribution in [0.25, 0.3) is 5.57 Å². The lowest BCUT2D eigenvalue weighted by molar-refractivity contribution is -0.156. The minimum absolute atomic E-state index is 0.321. The van der Waals surface area contributed by atoms with Gasteiger partial charge in [0.1, 0.15) is 12.4 Å². The molecule has 0 aliphatic rings. The fraction of sp³-hybridized carbons (Fsp3) is 0.348. The number of halogens is 1. The highest BCUT2D eigenvalue weighted by molar-refractivity contribution is 9.10. The van der Waals surface area contributed by atoms with E-state index in [0.29, 0.717) is 26.2 Å². The smallest absolute Gasteiger partial charge is 0.335 e. The molecule has 0 saturated carbocycles. The molecule has 0 unspecified atom stereocenters. The van der Waals surface area contributed by atoms with Crippen molar-refractivity contribution in [1.29, 1.82) is 0 Å². The molecule has 5 heteroatoms. The Kier molecular flexibility index (Phi) is 9.24. The molecule has 150 valence electrons. The van der Waals surface area contributed by atoms with Crippen LogP contribution in [0.5, 0.6) is 5.75 Å². The van der Waals surface area contributed by atoms with Gasteiger partial charge in [-0.15, -0.1) is 0 Å². The number of carbonyl (C=O) groups excluding carboxylic acids is 1. The van der Waals surface area contributed by atoms with E-state index in [1.807, 2.05) is 43.3 Å². The molecule has 0 aliphatic carbocycles. The molecule has 2 aromatic carbocycles. The molecule has 0 radical (unpaired) electrons. The Labute approximate surface area is 175 Å². The standard InChI is InChI=1S/C23H27BrO4/c1-4-26-22(23(25)27-5-2)16-18-6-12-21(13-7-18)28-15-14-17(3)19-8-10-20(24)11-9-19/h6-14,22H,4-5,15-16H2,1-3H3/t22-/m0/s1. The van der Waals surface area contributed by atoms with Gasteiger partial charge in [-0.2, -0.15) is 0 Å². The molecule has 0 fully saturated rings. The minimum atomic E-state index is -0.576. The van der Waals surface area contributed by atoms with E-state index in [9.17, 15) is 4.79 Å². The van der Waals surface area contributed by atoms with Gasteiger partial charge < -0.3 is 14.2 Å². The van der Waals surface area contributed by atoms with Gasteiger partial charge in [-0.3, -0.25) is 0 Å². The first kappa shape index (κ1) is 22.2. The molecule has 0 aliphatic heterocycles. The molecule has 2 rings (SSSR count). The van der Waals surface area contributed by atoms with E-state index in [4.69, 9.17) is 14.2 Å². The van der Waals surface area contributed by atoms with E-state index in [2.05, 4.69) is 41.1 Å². The number of allylic oxidation sites excluding steroid dienone is 1. The zero-order chi connectivity index (χ0) is 20.4. The molecule has 0 saturated heterocycles. The summed E-state index contributed by atoms with van der Waals surface area (Å²) in [5, 5.41) is 0. The summed E-state index contributed by atoms with van der Waals surface area (Å²) >= 11 is 3.44. The van der Waals surface area contributed by atoms with E-state index < -0.39 is 6.10 Å². The molecule has 0 spiro atoms. The second kappa shape index (κ2) is 11.7. The largest absolute Gasteiger partial charge is 0.490 e. The summed E-state index contributed by atoms with van der Waals surface area (Å²) in [7, 11) is 0. The maximum Gasteiger partial charge on any atom is 0.335 e. The molecule has 0 heterocycles. The first-order chi connectivity index (χ1) is 13.5. The van der Waals surface area contributed by atoms with Crippen LogP contribution in [-0.2, 0) is 20.7 Å². The molecule has 4 nitrogen and oxygen atoms in total. The van der Waals surface area contributed by atoms with Gasteiger partial charge in [-0.05, 0) is 67.8 Å². The molecule has 28 heavy (non-hydrogen) atoms. The van der Waals surface area contributed by atoms with Crippen LogP contribution in [0.4, 0.5) is 0 Å². The Hall–Kier alpha value is -2.11. The maximum absolute atomic E-state index is 12.0. The predicted molar refractivity (Wildman–Crippen MR) is 115 cm³/mol.